The van der Waals surface area contributed by atoms with Gasteiger partial charge in [-0.1, -0.05) is 6.07 Å². The van der Waals surface area contributed by atoms with Gasteiger partial charge in [-0.25, -0.2) is 0 Å². The van der Waals surface area contributed by atoms with Crippen molar-refractivity contribution in [3.8, 4) is 17.2 Å². The van der Waals surface area contributed by atoms with Crippen molar-refractivity contribution in [1.82, 2.24) is 10.3 Å². The van der Waals surface area contributed by atoms with Crippen LogP contribution < -0.4 is 14.8 Å². The van der Waals surface area contributed by atoms with Gasteiger partial charge in [-0.2, -0.15) is 0 Å². The van der Waals surface area contributed by atoms with Crippen molar-refractivity contribution in [2.75, 3.05) is 0 Å². The number of benzene rings is 1. The molecule has 1 aromatic heterocycles. The number of nitrogens with one attached hydrogen (secondary N) is 1. The molecule has 2 aliphatic heterocycles. The molecule has 114 valence electrons. The van der Waals surface area contributed by atoms with Crippen molar-refractivity contribution in [3.63, 3.8) is 0 Å². The topological polar surface area (TPSA) is 43.4 Å². The van der Waals surface area contributed by atoms with Crippen molar-refractivity contribution in [1.29, 1.82) is 0 Å². The second-order valence-electron chi connectivity index (χ2n) is 6.11. The number of piperidine rings is 1. The van der Waals surface area contributed by atoms with Crippen LogP contribution in [0.1, 0.15) is 25.7 Å². The minimum atomic E-state index is 0.312. The summed E-state index contributed by atoms with van der Waals surface area (Å²) < 4.78 is 12.0. The van der Waals surface area contributed by atoms with Gasteiger partial charge in [-0.3, -0.25) is 4.98 Å². The smallest absolute Gasteiger partial charge is 0.145 e. The molecule has 0 aliphatic carbocycles. The van der Waals surface area contributed by atoms with E-state index in [2.05, 4.69) is 10.3 Å². The summed E-state index contributed by atoms with van der Waals surface area (Å²) in [5, 5.41) is 3.64. The Morgan fingerprint density at radius 1 is 0.955 bits per heavy atom. The van der Waals surface area contributed by atoms with Gasteiger partial charge in [0, 0.05) is 24.3 Å². The SMILES string of the molecule is c1cncc(Oc2cccc(OC3C[C@H]4CC[C@@H](C3)N4)c2)c1. The van der Waals surface area contributed by atoms with E-state index < -0.39 is 0 Å². The molecule has 0 spiro atoms. The highest BCUT2D eigenvalue weighted by atomic mass is 16.5. The van der Waals surface area contributed by atoms with E-state index in [1.54, 1.807) is 12.4 Å². The minimum absolute atomic E-state index is 0.312. The summed E-state index contributed by atoms with van der Waals surface area (Å²) in [5.41, 5.74) is 0. The van der Waals surface area contributed by atoms with Gasteiger partial charge in [-0.15, -0.1) is 0 Å². The maximum atomic E-state index is 6.18. The normalized spacial score (nSPS) is 26.6. The zero-order valence-electron chi connectivity index (χ0n) is 12.4. The van der Waals surface area contributed by atoms with Gasteiger partial charge in [0.1, 0.15) is 23.4 Å². The molecule has 2 aliphatic rings. The van der Waals surface area contributed by atoms with Crippen molar-refractivity contribution in [2.45, 2.75) is 43.9 Å². The molecule has 1 aromatic carbocycles. The summed E-state index contributed by atoms with van der Waals surface area (Å²) in [4.78, 5) is 4.06. The van der Waals surface area contributed by atoms with Crippen molar-refractivity contribution in [3.05, 3.63) is 48.8 Å². The lowest BCUT2D eigenvalue weighted by Crippen LogP contribution is -2.42. The monoisotopic (exact) mass is 296 g/mol. The fraction of sp³-hybridized carbons (Fsp3) is 0.389. The molecule has 0 saturated carbocycles. The van der Waals surface area contributed by atoms with Crippen molar-refractivity contribution < 1.29 is 9.47 Å². The predicted molar refractivity (Wildman–Crippen MR) is 84.3 cm³/mol. The van der Waals surface area contributed by atoms with Gasteiger partial charge in [0.05, 0.1) is 6.20 Å². The lowest BCUT2D eigenvalue weighted by Gasteiger charge is -2.29. The van der Waals surface area contributed by atoms with Crippen LogP contribution in [0.15, 0.2) is 48.8 Å². The number of nitrogens with zero attached hydrogens (tertiary/aromatic N) is 1. The van der Waals surface area contributed by atoms with Gasteiger partial charge in [0.15, 0.2) is 0 Å². The Hall–Kier alpha value is -2.07. The summed E-state index contributed by atoms with van der Waals surface area (Å²) in [5.74, 6) is 2.40. The number of ether oxygens (including phenoxy) is 2. The molecule has 1 unspecified atom stereocenters. The molecule has 4 rings (SSSR count). The highest BCUT2D eigenvalue weighted by Gasteiger charge is 2.34. The molecule has 2 fully saturated rings. The molecule has 0 radical (unpaired) electrons. The second-order valence-corrected chi connectivity index (χ2v) is 6.11. The Morgan fingerprint density at radius 3 is 2.50 bits per heavy atom. The molecule has 4 heteroatoms. The van der Waals surface area contributed by atoms with Crippen LogP contribution in [0.5, 0.6) is 17.2 Å². The standard InChI is InChI=1S/C18H20N2O2/c1-3-15(21-17-5-2-8-19-12-17)11-16(4-1)22-18-9-13-6-7-14(10-18)20-13/h1-5,8,11-14,18,20H,6-7,9-10H2/t13-,14+,18?. The van der Waals surface area contributed by atoms with E-state index in [1.165, 1.54) is 12.8 Å². The van der Waals surface area contributed by atoms with Gasteiger partial charge in [0.2, 0.25) is 0 Å². The summed E-state index contributed by atoms with van der Waals surface area (Å²) in [7, 11) is 0. The number of aromatic nitrogens is 1. The lowest BCUT2D eigenvalue weighted by molar-refractivity contribution is 0.137. The van der Waals surface area contributed by atoms with E-state index >= 15 is 0 Å². The number of hydrogen-bond donors (Lipinski definition) is 1. The summed E-state index contributed by atoms with van der Waals surface area (Å²) in [6, 6.07) is 12.9. The molecule has 1 N–H and O–H groups in total. The molecular formula is C18H20N2O2. The Bertz CT molecular complexity index is 620. The van der Waals surface area contributed by atoms with Crippen LogP contribution in [-0.4, -0.2) is 23.2 Å². The van der Waals surface area contributed by atoms with Gasteiger partial charge in [0.25, 0.3) is 0 Å². The Morgan fingerprint density at radius 2 is 1.73 bits per heavy atom. The van der Waals surface area contributed by atoms with E-state index in [9.17, 15) is 0 Å². The number of pyridine rings is 1. The van der Waals surface area contributed by atoms with E-state index in [0.717, 1.165) is 30.1 Å². The molecule has 3 heterocycles. The number of hydrogen-bond acceptors (Lipinski definition) is 4. The van der Waals surface area contributed by atoms with E-state index in [4.69, 9.17) is 9.47 Å². The third-order valence-electron chi connectivity index (χ3n) is 4.41. The fourth-order valence-electron chi connectivity index (χ4n) is 3.45. The average Bonchev–Trinajstić information content (AvgIpc) is 2.87. The van der Waals surface area contributed by atoms with Gasteiger partial charge < -0.3 is 14.8 Å². The first-order chi connectivity index (χ1) is 10.8. The third-order valence-corrected chi connectivity index (χ3v) is 4.41. The van der Waals surface area contributed by atoms with Crippen molar-refractivity contribution in [2.24, 2.45) is 0 Å². The quantitative estimate of drug-likeness (QED) is 0.937. The molecule has 2 saturated heterocycles. The Balaban J connectivity index is 1.43. The zero-order valence-corrected chi connectivity index (χ0v) is 12.4. The third kappa shape index (κ3) is 3.07. The first-order valence-electron chi connectivity index (χ1n) is 7.96. The van der Waals surface area contributed by atoms with Crippen LogP contribution in [0.25, 0.3) is 0 Å². The molecule has 22 heavy (non-hydrogen) atoms. The maximum Gasteiger partial charge on any atom is 0.145 e. The largest absolute Gasteiger partial charge is 0.490 e. The molecule has 3 atom stereocenters. The molecule has 2 aromatic rings. The lowest BCUT2D eigenvalue weighted by atomic mass is 10.0. The first kappa shape index (κ1) is 13.6. The molecule has 0 amide bonds. The summed E-state index contributed by atoms with van der Waals surface area (Å²) >= 11 is 0. The van der Waals surface area contributed by atoms with Gasteiger partial charge in [-0.05, 0) is 49.9 Å². The Labute approximate surface area is 130 Å². The molecule has 2 bridgehead atoms. The minimum Gasteiger partial charge on any atom is -0.490 e. The number of fused-ring (bicyclic) bond motifs is 2. The van der Waals surface area contributed by atoms with Crippen LogP contribution in [0, 0.1) is 0 Å². The Kier molecular flexibility index (Phi) is 3.69. The van der Waals surface area contributed by atoms with Gasteiger partial charge >= 0.3 is 0 Å². The number of rotatable bonds is 4. The second kappa shape index (κ2) is 5.97. The van der Waals surface area contributed by atoms with Crippen molar-refractivity contribution >= 4 is 0 Å². The maximum absolute atomic E-state index is 6.18. The predicted octanol–water partition coefficient (Wildman–Crippen LogP) is 3.54. The summed E-state index contributed by atoms with van der Waals surface area (Å²) in [6.45, 7) is 0. The van der Waals surface area contributed by atoms with E-state index in [-0.39, 0.29) is 0 Å². The van der Waals surface area contributed by atoms with Crippen LogP contribution >= 0.6 is 0 Å². The molecular weight excluding hydrogens is 276 g/mol. The highest BCUT2D eigenvalue weighted by Crippen LogP contribution is 2.31. The van der Waals surface area contributed by atoms with E-state index in [1.807, 2.05) is 36.4 Å². The van der Waals surface area contributed by atoms with Crippen LogP contribution in [0.2, 0.25) is 0 Å². The van der Waals surface area contributed by atoms with Crippen LogP contribution in [-0.2, 0) is 0 Å². The zero-order chi connectivity index (χ0) is 14.8. The first-order valence-corrected chi connectivity index (χ1v) is 7.96. The fourth-order valence-corrected chi connectivity index (χ4v) is 3.45. The van der Waals surface area contributed by atoms with Crippen LogP contribution in [0.4, 0.5) is 0 Å². The van der Waals surface area contributed by atoms with E-state index in [0.29, 0.717) is 18.2 Å². The average molecular weight is 296 g/mol. The highest BCUT2D eigenvalue weighted by molar-refractivity contribution is 5.36. The summed E-state index contributed by atoms with van der Waals surface area (Å²) in [6.07, 6.45) is 8.53. The van der Waals surface area contributed by atoms with Crippen LogP contribution in [0.3, 0.4) is 0 Å². The molecule has 4 nitrogen and oxygen atoms in total.